The average Bonchev–Trinajstić information content (AvgIpc) is 3.03. The van der Waals surface area contributed by atoms with Crippen molar-refractivity contribution in [2.24, 2.45) is 0 Å². The molecular weight excluding hydrogens is 250 g/mol. The summed E-state index contributed by atoms with van der Waals surface area (Å²) in [5, 5.41) is 8.06. The third-order valence-electron chi connectivity index (χ3n) is 3.47. The van der Waals surface area contributed by atoms with Gasteiger partial charge in [-0.2, -0.15) is 5.10 Å². The Bertz CT molecular complexity index is 540. The van der Waals surface area contributed by atoms with Crippen molar-refractivity contribution >= 4 is 0 Å². The van der Waals surface area contributed by atoms with Crippen LogP contribution >= 0.6 is 0 Å². The van der Waals surface area contributed by atoms with E-state index in [-0.39, 0.29) is 0 Å². The van der Waals surface area contributed by atoms with Crippen molar-refractivity contribution in [1.29, 1.82) is 0 Å². The van der Waals surface area contributed by atoms with Gasteiger partial charge in [-0.15, -0.1) is 0 Å². The standard InChI is InChI=1S/C16H25N3O/c1-5-14-9-15(6-2)19(18-14)11-13-7-8-20-16(13)10-17-12(3)4/h7-9,12,17H,5-6,10-11H2,1-4H3. The summed E-state index contributed by atoms with van der Waals surface area (Å²) < 4.78 is 7.69. The molecule has 20 heavy (non-hydrogen) atoms. The van der Waals surface area contributed by atoms with Gasteiger partial charge in [0.15, 0.2) is 0 Å². The van der Waals surface area contributed by atoms with Crippen LogP contribution in [0.3, 0.4) is 0 Å². The lowest BCUT2D eigenvalue weighted by Crippen LogP contribution is -2.22. The fourth-order valence-electron chi connectivity index (χ4n) is 2.23. The highest BCUT2D eigenvalue weighted by Gasteiger charge is 2.11. The highest BCUT2D eigenvalue weighted by molar-refractivity contribution is 5.19. The molecule has 2 aromatic rings. The molecule has 0 aromatic carbocycles. The fraction of sp³-hybridized carbons (Fsp3) is 0.562. The van der Waals surface area contributed by atoms with Gasteiger partial charge in [0.25, 0.3) is 0 Å². The number of hydrogen-bond donors (Lipinski definition) is 1. The van der Waals surface area contributed by atoms with Crippen molar-refractivity contribution in [3.63, 3.8) is 0 Å². The van der Waals surface area contributed by atoms with Gasteiger partial charge in [0.1, 0.15) is 5.76 Å². The Morgan fingerprint density at radius 2 is 2.10 bits per heavy atom. The number of aryl methyl sites for hydroxylation is 2. The molecule has 0 radical (unpaired) electrons. The largest absolute Gasteiger partial charge is 0.468 e. The van der Waals surface area contributed by atoms with Crippen molar-refractivity contribution in [2.75, 3.05) is 0 Å². The van der Waals surface area contributed by atoms with E-state index in [4.69, 9.17) is 4.42 Å². The SMILES string of the molecule is CCc1cc(CC)n(Cc2ccoc2CNC(C)C)n1. The van der Waals surface area contributed by atoms with Gasteiger partial charge in [0.05, 0.1) is 25.0 Å². The van der Waals surface area contributed by atoms with Crippen LogP contribution in [0.1, 0.15) is 50.4 Å². The van der Waals surface area contributed by atoms with E-state index in [1.54, 1.807) is 6.26 Å². The van der Waals surface area contributed by atoms with Gasteiger partial charge in [-0.05, 0) is 25.0 Å². The van der Waals surface area contributed by atoms with Crippen LogP contribution in [0.2, 0.25) is 0 Å². The normalized spacial score (nSPS) is 11.4. The van der Waals surface area contributed by atoms with Gasteiger partial charge in [-0.3, -0.25) is 4.68 Å². The van der Waals surface area contributed by atoms with Gasteiger partial charge in [0.2, 0.25) is 0 Å². The highest BCUT2D eigenvalue weighted by atomic mass is 16.3. The maximum Gasteiger partial charge on any atom is 0.122 e. The minimum Gasteiger partial charge on any atom is -0.468 e. The third kappa shape index (κ3) is 3.51. The fourth-order valence-corrected chi connectivity index (χ4v) is 2.23. The van der Waals surface area contributed by atoms with Crippen LogP contribution in [0.25, 0.3) is 0 Å². The zero-order valence-electron chi connectivity index (χ0n) is 12.9. The average molecular weight is 275 g/mol. The Morgan fingerprint density at radius 3 is 2.75 bits per heavy atom. The second-order valence-electron chi connectivity index (χ2n) is 5.40. The lowest BCUT2D eigenvalue weighted by atomic mass is 10.2. The molecular formula is C16H25N3O. The van der Waals surface area contributed by atoms with E-state index in [0.29, 0.717) is 6.04 Å². The van der Waals surface area contributed by atoms with E-state index >= 15 is 0 Å². The molecule has 4 nitrogen and oxygen atoms in total. The van der Waals surface area contributed by atoms with Gasteiger partial charge < -0.3 is 9.73 Å². The maximum atomic E-state index is 5.59. The van der Waals surface area contributed by atoms with E-state index in [1.807, 2.05) is 6.07 Å². The van der Waals surface area contributed by atoms with Crippen LogP contribution in [-0.4, -0.2) is 15.8 Å². The Kier molecular flexibility index (Phi) is 5.01. The first-order valence-corrected chi connectivity index (χ1v) is 7.48. The highest BCUT2D eigenvalue weighted by Crippen LogP contribution is 2.15. The molecule has 1 N–H and O–H groups in total. The summed E-state index contributed by atoms with van der Waals surface area (Å²) in [5.41, 5.74) is 3.65. The van der Waals surface area contributed by atoms with Crippen LogP contribution < -0.4 is 5.32 Å². The van der Waals surface area contributed by atoms with E-state index < -0.39 is 0 Å². The smallest absolute Gasteiger partial charge is 0.122 e. The molecule has 0 aliphatic heterocycles. The molecule has 0 unspecified atom stereocenters. The van der Waals surface area contributed by atoms with Crippen LogP contribution in [-0.2, 0) is 25.9 Å². The van der Waals surface area contributed by atoms with Gasteiger partial charge in [-0.25, -0.2) is 0 Å². The lowest BCUT2D eigenvalue weighted by molar-refractivity contribution is 0.457. The van der Waals surface area contributed by atoms with Gasteiger partial charge >= 0.3 is 0 Å². The van der Waals surface area contributed by atoms with Crippen LogP contribution in [0.15, 0.2) is 22.8 Å². The van der Waals surface area contributed by atoms with Crippen molar-refractivity contribution in [2.45, 2.75) is 59.7 Å². The topological polar surface area (TPSA) is 43.0 Å². The summed E-state index contributed by atoms with van der Waals surface area (Å²) in [6, 6.07) is 4.70. The zero-order valence-corrected chi connectivity index (χ0v) is 12.9. The molecule has 2 heterocycles. The predicted octanol–water partition coefficient (Wildman–Crippen LogP) is 3.15. The second-order valence-corrected chi connectivity index (χ2v) is 5.40. The molecule has 0 fully saturated rings. The summed E-state index contributed by atoms with van der Waals surface area (Å²) in [5.74, 6) is 1.01. The van der Waals surface area contributed by atoms with Crippen LogP contribution in [0.4, 0.5) is 0 Å². The number of nitrogens with zero attached hydrogens (tertiary/aromatic N) is 2. The number of furan rings is 1. The summed E-state index contributed by atoms with van der Waals surface area (Å²) in [7, 11) is 0. The summed E-state index contributed by atoms with van der Waals surface area (Å²) in [6.45, 7) is 10.1. The summed E-state index contributed by atoms with van der Waals surface area (Å²) in [4.78, 5) is 0. The van der Waals surface area contributed by atoms with Gasteiger partial charge in [0, 0.05) is 17.3 Å². The van der Waals surface area contributed by atoms with Gasteiger partial charge in [-0.1, -0.05) is 27.7 Å². The first-order valence-electron chi connectivity index (χ1n) is 7.48. The van der Waals surface area contributed by atoms with Crippen molar-refractivity contribution in [1.82, 2.24) is 15.1 Å². The molecule has 0 spiro atoms. The molecule has 2 rings (SSSR count). The first kappa shape index (κ1) is 14.9. The molecule has 0 amide bonds. The minimum absolute atomic E-state index is 0.454. The molecule has 0 bridgehead atoms. The van der Waals surface area contributed by atoms with E-state index in [9.17, 15) is 0 Å². The molecule has 0 aliphatic carbocycles. The Labute approximate surface area is 121 Å². The molecule has 0 saturated heterocycles. The van der Waals surface area contributed by atoms with E-state index in [2.05, 4.69) is 48.9 Å². The quantitative estimate of drug-likeness (QED) is 0.844. The first-order chi connectivity index (χ1) is 9.63. The lowest BCUT2D eigenvalue weighted by Gasteiger charge is -2.09. The molecule has 0 aliphatic rings. The monoisotopic (exact) mass is 275 g/mol. The van der Waals surface area contributed by atoms with Crippen molar-refractivity contribution < 1.29 is 4.42 Å². The van der Waals surface area contributed by atoms with Crippen LogP contribution in [0, 0.1) is 0 Å². The molecule has 0 atom stereocenters. The Balaban J connectivity index is 2.13. The predicted molar refractivity (Wildman–Crippen MR) is 80.8 cm³/mol. The van der Waals surface area contributed by atoms with Crippen LogP contribution in [0.5, 0.6) is 0 Å². The molecule has 4 heteroatoms. The maximum absolute atomic E-state index is 5.59. The second kappa shape index (κ2) is 6.75. The minimum atomic E-state index is 0.454. The zero-order chi connectivity index (χ0) is 14.5. The number of rotatable bonds is 7. The number of nitrogens with one attached hydrogen (secondary N) is 1. The number of aromatic nitrogens is 2. The molecule has 0 saturated carbocycles. The molecule has 2 aromatic heterocycles. The molecule has 110 valence electrons. The Morgan fingerprint density at radius 1 is 1.30 bits per heavy atom. The number of hydrogen-bond acceptors (Lipinski definition) is 3. The van der Waals surface area contributed by atoms with E-state index in [1.165, 1.54) is 11.3 Å². The van der Waals surface area contributed by atoms with Crippen molar-refractivity contribution in [3.8, 4) is 0 Å². The Hall–Kier alpha value is -1.55. The van der Waals surface area contributed by atoms with Crippen molar-refractivity contribution in [3.05, 3.63) is 41.1 Å². The summed E-state index contributed by atoms with van der Waals surface area (Å²) >= 11 is 0. The third-order valence-corrected chi connectivity index (χ3v) is 3.47. The van der Waals surface area contributed by atoms with E-state index in [0.717, 1.165) is 37.4 Å². The summed E-state index contributed by atoms with van der Waals surface area (Å²) in [6.07, 6.45) is 3.75.